The van der Waals surface area contributed by atoms with Crippen LogP contribution in [0.15, 0.2) is 50.8 Å². The van der Waals surface area contributed by atoms with Crippen molar-refractivity contribution in [2.75, 3.05) is 5.32 Å². The van der Waals surface area contributed by atoms with Crippen LogP contribution in [-0.4, -0.2) is 15.8 Å². The van der Waals surface area contributed by atoms with Crippen LogP contribution in [0.3, 0.4) is 0 Å². The second-order valence-corrected chi connectivity index (χ2v) is 10.1. The quantitative estimate of drug-likeness (QED) is 0.374. The Morgan fingerprint density at radius 2 is 1.84 bits per heavy atom. The van der Waals surface area contributed by atoms with Crippen molar-refractivity contribution in [3.8, 4) is 11.3 Å². The molecule has 1 aromatic carbocycles. The van der Waals surface area contributed by atoms with Crippen LogP contribution in [0.4, 0.5) is 5.82 Å². The first-order valence-corrected chi connectivity index (χ1v) is 11.2. The summed E-state index contributed by atoms with van der Waals surface area (Å²) in [5, 5.41) is 4.12. The molecule has 3 heterocycles. The molecule has 1 atom stereocenters. The predicted molar refractivity (Wildman–Crippen MR) is 127 cm³/mol. The minimum absolute atomic E-state index is 0.00580. The van der Waals surface area contributed by atoms with Gasteiger partial charge in [0.2, 0.25) is 0 Å². The first kappa shape index (κ1) is 21.2. The van der Waals surface area contributed by atoms with Gasteiger partial charge in [-0.1, -0.05) is 37.0 Å². The summed E-state index contributed by atoms with van der Waals surface area (Å²) >= 11 is 17.4. The standard InChI is InChI=1S/C23H19Cl2N3O3S/c1-23(2)8-13-17(14(29)9-23)18(19-20(26-13)27-22(32)28-21(19)30)16-6-5-15(31-16)10-3-4-11(24)12(25)7-10/h3-7,18H,8-9H2,1-2H3,(H3,26,27,28,30,32). The Bertz CT molecular complexity index is 1430. The molecule has 1 aliphatic carbocycles. The van der Waals surface area contributed by atoms with Gasteiger partial charge in [-0.2, -0.15) is 0 Å². The van der Waals surface area contributed by atoms with Crippen LogP contribution in [0.25, 0.3) is 11.3 Å². The highest BCUT2D eigenvalue weighted by atomic mass is 35.5. The topological polar surface area (TPSA) is 90.9 Å². The number of anilines is 1. The van der Waals surface area contributed by atoms with E-state index in [4.69, 9.17) is 39.8 Å². The van der Waals surface area contributed by atoms with Gasteiger partial charge in [-0.15, -0.1) is 0 Å². The summed E-state index contributed by atoms with van der Waals surface area (Å²) in [5.41, 5.74) is 1.90. The Morgan fingerprint density at radius 3 is 2.59 bits per heavy atom. The third kappa shape index (κ3) is 3.54. The zero-order chi connectivity index (χ0) is 22.8. The molecule has 0 spiro atoms. The van der Waals surface area contributed by atoms with E-state index in [1.165, 1.54) is 0 Å². The Morgan fingerprint density at radius 1 is 1.06 bits per heavy atom. The molecular weight excluding hydrogens is 469 g/mol. The van der Waals surface area contributed by atoms with Crippen LogP contribution in [0.5, 0.6) is 0 Å². The van der Waals surface area contributed by atoms with Gasteiger partial charge in [0.1, 0.15) is 17.3 Å². The third-order valence-electron chi connectivity index (χ3n) is 5.87. The number of Topliss-reactive ketones (excluding diaryl/α,β-unsaturated/α-hetero) is 1. The second-order valence-electron chi connectivity index (χ2n) is 8.92. The van der Waals surface area contributed by atoms with Gasteiger partial charge in [-0.3, -0.25) is 14.6 Å². The molecule has 0 radical (unpaired) electrons. The minimum atomic E-state index is -0.656. The maximum Gasteiger partial charge on any atom is 0.258 e. The number of aromatic amines is 2. The fraction of sp³-hybridized carbons (Fsp3) is 0.261. The van der Waals surface area contributed by atoms with Crippen LogP contribution in [0, 0.1) is 10.2 Å². The summed E-state index contributed by atoms with van der Waals surface area (Å²) in [7, 11) is 0. The number of allylic oxidation sites excluding steroid dienone is 2. The van der Waals surface area contributed by atoms with Crippen LogP contribution >= 0.6 is 35.4 Å². The summed E-state index contributed by atoms with van der Waals surface area (Å²) < 4.78 is 6.40. The highest BCUT2D eigenvalue weighted by Crippen LogP contribution is 2.48. The van der Waals surface area contributed by atoms with E-state index in [0.717, 1.165) is 11.3 Å². The van der Waals surface area contributed by atoms with Gasteiger partial charge in [0.15, 0.2) is 10.6 Å². The van der Waals surface area contributed by atoms with E-state index in [2.05, 4.69) is 29.1 Å². The van der Waals surface area contributed by atoms with Crippen molar-refractivity contribution < 1.29 is 9.21 Å². The van der Waals surface area contributed by atoms with Crippen molar-refractivity contribution in [1.82, 2.24) is 9.97 Å². The van der Waals surface area contributed by atoms with Crippen LogP contribution in [-0.2, 0) is 4.79 Å². The van der Waals surface area contributed by atoms with Gasteiger partial charge < -0.3 is 14.7 Å². The minimum Gasteiger partial charge on any atom is -0.460 e. The Hall–Kier alpha value is -2.61. The number of carbonyl (C=O) groups excluding carboxylic acids is 1. The number of carbonyl (C=O) groups is 1. The van der Waals surface area contributed by atoms with Crippen molar-refractivity contribution in [3.63, 3.8) is 0 Å². The predicted octanol–water partition coefficient (Wildman–Crippen LogP) is 6.20. The highest BCUT2D eigenvalue weighted by Gasteiger charge is 2.43. The summed E-state index contributed by atoms with van der Waals surface area (Å²) in [6, 6.07) is 8.80. The molecule has 0 saturated carbocycles. The Labute approximate surface area is 198 Å². The van der Waals surface area contributed by atoms with Crippen molar-refractivity contribution >= 4 is 47.0 Å². The van der Waals surface area contributed by atoms with Gasteiger partial charge in [-0.25, -0.2) is 0 Å². The van der Waals surface area contributed by atoms with E-state index in [-0.39, 0.29) is 21.5 Å². The van der Waals surface area contributed by atoms with E-state index in [9.17, 15) is 9.59 Å². The van der Waals surface area contributed by atoms with E-state index >= 15 is 0 Å². The maximum absolute atomic E-state index is 13.3. The first-order chi connectivity index (χ1) is 15.1. The first-order valence-electron chi connectivity index (χ1n) is 10.1. The lowest BCUT2D eigenvalue weighted by molar-refractivity contribution is -0.118. The fourth-order valence-corrected chi connectivity index (χ4v) is 5.04. The molecule has 2 aromatic heterocycles. The van der Waals surface area contributed by atoms with Crippen molar-refractivity contribution in [2.45, 2.75) is 32.6 Å². The molecule has 1 unspecified atom stereocenters. The number of hydrogen-bond donors (Lipinski definition) is 3. The molecule has 1 aliphatic heterocycles. The lowest BCUT2D eigenvalue weighted by Crippen LogP contribution is -2.36. The number of aromatic nitrogens is 2. The summed E-state index contributed by atoms with van der Waals surface area (Å²) in [6.45, 7) is 4.10. The van der Waals surface area contributed by atoms with E-state index in [1.807, 2.05) is 0 Å². The molecule has 164 valence electrons. The smallest absolute Gasteiger partial charge is 0.258 e. The number of halogens is 2. The Kier molecular flexibility index (Phi) is 4.96. The molecule has 32 heavy (non-hydrogen) atoms. The van der Waals surface area contributed by atoms with Crippen molar-refractivity contribution in [2.24, 2.45) is 5.41 Å². The summed E-state index contributed by atoms with van der Waals surface area (Å²) in [4.78, 5) is 31.9. The normalized spacial score (nSPS) is 19.4. The number of H-pyrrole nitrogens is 2. The lowest BCUT2D eigenvalue weighted by atomic mass is 9.70. The lowest BCUT2D eigenvalue weighted by Gasteiger charge is -2.38. The average Bonchev–Trinajstić information content (AvgIpc) is 3.17. The zero-order valence-corrected chi connectivity index (χ0v) is 19.6. The van der Waals surface area contributed by atoms with Crippen molar-refractivity contribution in [1.29, 1.82) is 0 Å². The summed E-state index contributed by atoms with van der Waals surface area (Å²) in [6.07, 6.45) is 1.05. The zero-order valence-electron chi connectivity index (χ0n) is 17.3. The van der Waals surface area contributed by atoms with Crippen molar-refractivity contribution in [3.05, 3.63) is 78.1 Å². The van der Waals surface area contributed by atoms with Crippen LogP contribution < -0.4 is 10.9 Å². The molecule has 0 amide bonds. The number of ketones is 1. The van der Waals surface area contributed by atoms with Gasteiger partial charge in [0.05, 0.1) is 21.5 Å². The molecule has 0 fully saturated rings. The van der Waals surface area contributed by atoms with Crippen LogP contribution in [0.1, 0.15) is 43.9 Å². The molecule has 3 aromatic rings. The number of hydrogen-bond acceptors (Lipinski definition) is 5. The average molecular weight is 488 g/mol. The molecule has 5 rings (SSSR count). The number of nitrogens with one attached hydrogen (secondary N) is 3. The van der Waals surface area contributed by atoms with E-state index in [1.54, 1.807) is 30.3 Å². The number of benzene rings is 1. The molecular formula is C23H19Cl2N3O3S. The Balaban J connectivity index is 1.70. The molecule has 0 saturated heterocycles. The molecule has 0 bridgehead atoms. The highest BCUT2D eigenvalue weighted by molar-refractivity contribution is 7.71. The largest absolute Gasteiger partial charge is 0.460 e. The number of fused-ring (bicyclic) bond motifs is 1. The summed E-state index contributed by atoms with van der Waals surface area (Å²) in [5.74, 6) is 0.876. The van der Waals surface area contributed by atoms with Crippen LogP contribution in [0.2, 0.25) is 10.0 Å². The maximum atomic E-state index is 13.3. The van der Waals surface area contributed by atoms with E-state index in [0.29, 0.717) is 51.4 Å². The van der Waals surface area contributed by atoms with Gasteiger partial charge in [0.25, 0.3) is 5.56 Å². The monoisotopic (exact) mass is 487 g/mol. The fourth-order valence-electron chi connectivity index (χ4n) is 4.54. The molecule has 3 N–H and O–H groups in total. The SMILES string of the molecule is CC1(C)CC(=O)C2=C(C1)Nc1[nH]c(=S)[nH]c(=O)c1C2c1ccc(-c2ccc(Cl)c(Cl)c2)o1. The van der Waals surface area contributed by atoms with Gasteiger partial charge >= 0.3 is 0 Å². The molecule has 9 heteroatoms. The number of rotatable bonds is 2. The van der Waals surface area contributed by atoms with Gasteiger partial charge in [-0.05, 0) is 54.4 Å². The third-order valence-corrected chi connectivity index (χ3v) is 6.81. The number of furan rings is 1. The second kappa shape index (κ2) is 7.47. The molecule has 6 nitrogen and oxygen atoms in total. The molecule has 2 aliphatic rings. The van der Waals surface area contributed by atoms with Gasteiger partial charge in [0, 0.05) is 23.3 Å². The van der Waals surface area contributed by atoms with E-state index < -0.39 is 5.92 Å².